The number of carbonyl (C=O) groups excluding carboxylic acids is 2. The second-order valence-electron chi connectivity index (χ2n) is 12.7. The molecule has 3 aromatic rings. The first kappa shape index (κ1) is 34.5. The molecule has 0 spiro atoms. The maximum absolute atomic E-state index is 14.1. The third-order valence-electron chi connectivity index (χ3n) is 9.44. The first-order valence-electron chi connectivity index (χ1n) is 16.9. The normalized spacial score (nSPS) is 19.1. The van der Waals surface area contributed by atoms with Gasteiger partial charge in [0.2, 0.25) is 0 Å². The van der Waals surface area contributed by atoms with Crippen LogP contribution in [0, 0.1) is 11.6 Å². The number of aryl methyl sites for hydroxylation is 2. The Morgan fingerprint density at radius 2 is 1.85 bits per heavy atom. The van der Waals surface area contributed by atoms with Crippen molar-refractivity contribution in [3.8, 4) is 5.75 Å². The number of aliphatic hydroxyl groups excluding tert-OH is 1. The van der Waals surface area contributed by atoms with E-state index in [1.54, 1.807) is 11.8 Å². The van der Waals surface area contributed by atoms with Crippen molar-refractivity contribution in [3.63, 3.8) is 0 Å². The molecule has 1 aliphatic carbocycles. The molecule has 47 heavy (non-hydrogen) atoms. The van der Waals surface area contributed by atoms with Crippen LogP contribution in [0.4, 0.5) is 8.78 Å². The highest BCUT2D eigenvalue weighted by Gasteiger charge is 2.31. The summed E-state index contributed by atoms with van der Waals surface area (Å²) < 4.78 is 35.2. The molecule has 9 nitrogen and oxygen atoms in total. The summed E-state index contributed by atoms with van der Waals surface area (Å²) in [7, 11) is 1.62. The average molecular weight is 652 g/mol. The van der Waals surface area contributed by atoms with E-state index in [1.807, 2.05) is 24.0 Å². The van der Waals surface area contributed by atoms with Crippen LogP contribution in [0.1, 0.15) is 103 Å². The van der Waals surface area contributed by atoms with Gasteiger partial charge in [0.05, 0.1) is 19.3 Å². The number of halogens is 2. The van der Waals surface area contributed by atoms with Crippen LogP contribution < -0.4 is 15.4 Å². The van der Waals surface area contributed by atoms with E-state index in [0.29, 0.717) is 24.3 Å². The lowest BCUT2D eigenvalue weighted by molar-refractivity contribution is 0.0588. The zero-order chi connectivity index (χ0) is 33.5. The molecule has 2 heterocycles. The molecule has 2 amide bonds. The van der Waals surface area contributed by atoms with E-state index in [2.05, 4.69) is 28.7 Å². The first-order chi connectivity index (χ1) is 22.7. The summed E-state index contributed by atoms with van der Waals surface area (Å²) in [6.07, 6.45) is 6.55. The largest absolute Gasteiger partial charge is 0.497 e. The van der Waals surface area contributed by atoms with Gasteiger partial charge in [-0.15, -0.1) is 0 Å². The van der Waals surface area contributed by atoms with Crippen molar-refractivity contribution in [2.75, 3.05) is 20.2 Å². The molecular formula is C36H47F2N5O4. The number of amides is 2. The number of benzene rings is 2. The third kappa shape index (κ3) is 8.37. The van der Waals surface area contributed by atoms with Crippen LogP contribution in [0.2, 0.25) is 0 Å². The number of nitrogens with zero attached hydrogens (tertiary/aromatic N) is 3. The second-order valence-corrected chi connectivity index (χ2v) is 12.7. The fourth-order valence-electron chi connectivity index (χ4n) is 7.02. The van der Waals surface area contributed by atoms with Crippen molar-refractivity contribution in [3.05, 3.63) is 82.2 Å². The third-order valence-corrected chi connectivity index (χ3v) is 9.44. The lowest BCUT2D eigenvalue weighted by atomic mass is 9.87. The minimum atomic E-state index is -1.11. The van der Waals surface area contributed by atoms with E-state index in [-0.39, 0.29) is 36.7 Å². The van der Waals surface area contributed by atoms with Crippen molar-refractivity contribution in [1.82, 2.24) is 25.3 Å². The number of aliphatic hydroxyl groups is 1. The number of aromatic nitrogens is 2. The maximum atomic E-state index is 14.1. The summed E-state index contributed by atoms with van der Waals surface area (Å²) in [5.41, 5.74) is 3.00. The summed E-state index contributed by atoms with van der Waals surface area (Å²) in [5, 5.41) is 22.2. The minimum Gasteiger partial charge on any atom is -0.497 e. The van der Waals surface area contributed by atoms with Crippen molar-refractivity contribution >= 4 is 11.8 Å². The van der Waals surface area contributed by atoms with Gasteiger partial charge < -0.3 is 25.4 Å². The van der Waals surface area contributed by atoms with Gasteiger partial charge in [-0.2, -0.15) is 5.10 Å². The molecule has 2 aliphatic rings. The Morgan fingerprint density at radius 3 is 2.57 bits per heavy atom. The van der Waals surface area contributed by atoms with Crippen molar-refractivity contribution in [2.24, 2.45) is 0 Å². The zero-order valence-corrected chi connectivity index (χ0v) is 27.6. The molecular weight excluding hydrogens is 604 g/mol. The van der Waals surface area contributed by atoms with Gasteiger partial charge in [0.15, 0.2) is 5.69 Å². The molecule has 1 aromatic heterocycles. The van der Waals surface area contributed by atoms with Crippen LogP contribution >= 0.6 is 0 Å². The topological polar surface area (TPSA) is 109 Å². The average Bonchev–Trinajstić information content (AvgIpc) is 3.51. The van der Waals surface area contributed by atoms with E-state index in [4.69, 9.17) is 4.74 Å². The molecule has 5 rings (SSSR count). The Morgan fingerprint density at radius 1 is 1.06 bits per heavy atom. The molecule has 0 bridgehead atoms. The van der Waals surface area contributed by atoms with Gasteiger partial charge in [0.1, 0.15) is 23.1 Å². The number of methoxy groups -OCH3 is 1. The van der Waals surface area contributed by atoms with Crippen LogP contribution in [-0.2, 0) is 19.4 Å². The predicted octanol–water partition coefficient (Wildman–Crippen LogP) is 5.35. The van der Waals surface area contributed by atoms with Crippen molar-refractivity contribution in [2.45, 2.75) is 102 Å². The van der Waals surface area contributed by atoms with Crippen LogP contribution in [0.15, 0.2) is 42.5 Å². The Balaban J connectivity index is 1.35. The number of hydrogen-bond donors (Lipinski definition) is 3. The molecule has 1 fully saturated rings. The Hall–Kier alpha value is -3.83. The monoisotopic (exact) mass is 651 g/mol. The highest BCUT2D eigenvalue weighted by molar-refractivity contribution is 5.98. The quantitative estimate of drug-likeness (QED) is 0.230. The number of ether oxygens (including phenoxy) is 1. The highest BCUT2D eigenvalue weighted by Crippen LogP contribution is 2.32. The van der Waals surface area contributed by atoms with Gasteiger partial charge in [-0.1, -0.05) is 19.4 Å². The summed E-state index contributed by atoms with van der Waals surface area (Å²) >= 11 is 0. The van der Waals surface area contributed by atoms with Gasteiger partial charge in [0, 0.05) is 43.9 Å². The number of likely N-dealkylation sites (tertiary alicyclic amines) is 1. The molecule has 4 atom stereocenters. The number of fused-ring (bicyclic) bond motifs is 1. The minimum absolute atomic E-state index is 0.0227. The van der Waals surface area contributed by atoms with Crippen LogP contribution in [0.25, 0.3) is 0 Å². The number of piperidine rings is 1. The molecule has 254 valence electrons. The SMILES string of the molecule is CCCC1CCCCN1C(=O)c1cc(C(=O)N[C@@H](Cc2cc(F)cc(F)c2)[C@@H](O)CN[C@H]2CCCc3ccc(OC)cc32)nn1CC. The highest BCUT2D eigenvalue weighted by atomic mass is 19.1. The first-order valence-corrected chi connectivity index (χ1v) is 16.9. The van der Waals surface area contributed by atoms with Gasteiger partial charge in [-0.3, -0.25) is 14.3 Å². The molecule has 2 aromatic carbocycles. The number of carbonyl (C=O) groups is 2. The van der Waals surface area contributed by atoms with E-state index in [0.717, 1.165) is 68.7 Å². The Kier molecular flexibility index (Phi) is 11.6. The zero-order valence-electron chi connectivity index (χ0n) is 27.6. The van der Waals surface area contributed by atoms with E-state index < -0.39 is 29.7 Å². The molecule has 0 radical (unpaired) electrons. The van der Waals surface area contributed by atoms with Crippen LogP contribution in [-0.4, -0.2) is 70.0 Å². The van der Waals surface area contributed by atoms with Crippen LogP contribution in [0.3, 0.4) is 0 Å². The van der Waals surface area contributed by atoms with Gasteiger partial charge in [0.25, 0.3) is 11.8 Å². The lowest BCUT2D eigenvalue weighted by Gasteiger charge is -2.35. The molecule has 0 saturated carbocycles. The van der Waals surface area contributed by atoms with E-state index in [9.17, 15) is 23.5 Å². The number of hydrogen-bond acceptors (Lipinski definition) is 6. The van der Waals surface area contributed by atoms with Gasteiger partial charge in [-0.25, -0.2) is 8.78 Å². The Bertz CT molecular complexity index is 1520. The predicted molar refractivity (Wildman–Crippen MR) is 175 cm³/mol. The van der Waals surface area contributed by atoms with Crippen molar-refractivity contribution < 1.29 is 28.2 Å². The fraction of sp³-hybridized carbons (Fsp3) is 0.528. The molecule has 1 saturated heterocycles. The summed E-state index contributed by atoms with van der Waals surface area (Å²) in [6, 6.07) is 9.90. The summed E-state index contributed by atoms with van der Waals surface area (Å²) in [4.78, 5) is 29.3. The van der Waals surface area contributed by atoms with Crippen molar-refractivity contribution in [1.29, 1.82) is 0 Å². The smallest absolute Gasteiger partial charge is 0.272 e. The van der Waals surface area contributed by atoms with E-state index >= 15 is 0 Å². The summed E-state index contributed by atoms with van der Waals surface area (Å²) in [6.45, 7) is 5.15. The van der Waals surface area contributed by atoms with E-state index in [1.165, 1.54) is 23.8 Å². The molecule has 1 aliphatic heterocycles. The Labute approximate surface area is 275 Å². The standard InChI is InChI=1S/C36H47F2N5O4/c1-4-9-27-11-6-7-15-42(27)36(46)33-21-32(41-43(33)5-2)35(45)40-31(18-23-16-25(37)19-26(38)17-23)34(44)22-39-30-12-8-10-24-13-14-28(47-3)20-29(24)30/h13-14,16-17,19-21,27,30-31,34,39,44H,4-12,15,18,22H2,1-3H3,(H,40,45)/t27?,30-,31-,34-/m0/s1. The van der Waals surface area contributed by atoms with Gasteiger partial charge in [-0.05, 0) is 99.2 Å². The molecule has 11 heteroatoms. The van der Waals surface area contributed by atoms with Gasteiger partial charge >= 0.3 is 0 Å². The molecule has 1 unspecified atom stereocenters. The maximum Gasteiger partial charge on any atom is 0.272 e. The second kappa shape index (κ2) is 15.8. The lowest BCUT2D eigenvalue weighted by Crippen LogP contribution is -2.49. The number of rotatable bonds is 13. The summed E-state index contributed by atoms with van der Waals surface area (Å²) in [5.74, 6) is -1.45. The molecule has 3 N–H and O–H groups in total. The fourth-order valence-corrected chi connectivity index (χ4v) is 7.02. The van der Waals surface area contributed by atoms with Crippen LogP contribution in [0.5, 0.6) is 5.75 Å². The number of nitrogens with one attached hydrogen (secondary N) is 2.